The highest BCUT2D eigenvalue weighted by Gasteiger charge is 2.22. The van der Waals surface area contributed by atoms with Crippen LogP contribution in [0.3, 0.4) is 0 Å². The van der Waals surface area contributed by atoms with Crippen LogP contribution in [0, 0.1) is 18.6 Å². The van der Waals surface area contributed by atoms with Crippen molar-refractivity contribution in [3.8, 4) is 11.3 Å². The van der Waals surface area contributed by atoms with Crippen molar-refractivity contribution in [2.45, 2.75) is 39.0 Å². The summed E-state index contributed by atoms with van der Waals surface area (Å²) in [7, 11) is 0. The molecule has 0 spiro atoms. The van der Waals surface area contributed by atoms with Gasteiger partial charge in [-0.3, -0.25) is 4.98 Å². The third-order valence-corrected chi connectivity index (χ3v) is 5.83. The van der Waals surface area contributed by atoms with Crippen molar-refractivity contribution < 1.29 is 8.78 Å². The Bertz CT molecular complexity index is 1010. The van der Waals surface area contributed by atoms with E-state index in [9.17, 15) is 8.78 Å². The lowest BCUT2D eigenvalue weighted by Crippen LogP contribution is -2.17. The van der Waals surface area contributed by atoms with Crippen LogP contribution in [0.4, 0.5) is 8.78 Å². The Balaban J connectivity index is 2.26. The standard InChI is InChI=1S/C24H25ClF2N2/c1-4-14(2)17-11-23(19(13-28)16-8-6-5-7-9-16)29-24(15(17)3)18-10-20(25)22(27)12-21(18)26/h5-12,14,19H,4,13,28H2,1-3H3. The molecule has 0 radical (unpaired) electrons. The van der Waals surface area contributed by atoms with Gasteiger partial charge in [-0.05, 0) is 48.1 Å². The van der Waals surface area contributed by atoms with Gasteiger partial charge in [-0.2, -0.15) is 0 Å². The van der Waals surface area contributed by atoms with Gasteiger partial charge in [0.15, 0.2) is 0 Å². The van der Waals surface area contributed by atoms with Gasteiger partial charge in [0.05, 0.1) is 16.4 Å². The predicted octanol–water partition coefficient (Wildman–Crippen LogP) is 6.59. The first kappa shape index (κ1) is 21.4. The van der Waals surface area contributed by atoms with E-state index in [0.29, 0.717) is 12.2 Å². The Hall–Kier alpha value is -2.30. The van der Waals surface area contributed by atoms with Crippen LogP contribution >= 0.6 is 11.6 Å². The molecule has 29 heavy (non-hydrogen) atoms. The van der Waals surface area contributed by atoms with Crippen LogP contribution in [-0.2, 0) is 0 Å². The number of nitrogens with zero attached hydrogens (tertiary/aromatic N) is 1. The average Bonchev–Trinajstić information content (AvgIpc) is 2.72. The lowest BCUT2D eigenvalue weighted by atomic mass is 9.87. The molecule has 3 rings (SSSR count). The summed E-state index contributed by atoms with van der Waals surface area (Å²) in [5.41, 5.74) is 10.6. The van der Waals surface area contributed by atoms with E-state index in [-0.39, 0.29) is 22.4 Å². The number of halogens is 3. The maximum atomic E-state index is 14.7. The van der Waals surface area contributed by atoms with Crippen LogP contribution in [-0.4, -0.2) is 11.5 Å². The van der Waals surface area contributed by atoms with E-state index in [2.05, 4.69) is 19.9 Å². The summed E-state index contributed by atoms with van der Waals surface area (Å²) in [5, 5.41) is -0.128. The lowest BCUT2D eigenvalue weighted by Gasteiger charge is -2.22. The van der Waals surface area contributed by atoms with E-state index < -0.39 is 11.6 Å². The highest BCUT2D eigenvalue weighted by Crippen LogP contribution is 2.36. The number of hydrogen-bond donors (Lipinski definition) is 1. The third kappa shape index (κ3) is 4.34. The molecule has 0 aliphatic heterocycles. The first-order chi connectivity index (χ1) is 13.9. The summed E-state index contributed by atoms with van der Waals surface area (Å²) < 4.78 is 28.4. The monoisotopic (exact) mass is 414 g/mol. The Kier molecular flexibility index (Phi) is 6.66. The first-order valence-corrected chi connectivity index (χ1v) is 10.2. The van der Waals surface area contributed by atoms with Gasteiger partial charge >= 0.3 is 0 Å². The van der Waals surface area contributed by atoms with E-state index in [1.54, 1.807) is 0 Å². The maximum absolute atomic E-state index is 14.7. The summed E-state index contributed by atoms with van der Waals surface area (Å²) in [6, 6.07) is 14.1. The van der Waals surface area contributed by atoms with Gasteiger partial charge in [-0.25, -0.2) is 8.78 Å². The number of nitrogens with two attached hydrogens (primary N) is 1. The van der Waals surface area contributed by atoms with Crippen LogP contribution in [0.5, 0.6) is 0 Å². The zero-order chi connectivity index (χ0) is 21.1. The molecule has 1 aromatic heterocycles. The van der Waals surface area contributed by atoms with Crippen molar-refractivity contribution in [3.63, 3.8) is 0 Å². The SMILES string of the molecule is CCC(C)c1cc(C(CN)c2ccccc2)nc(-c2cc(Cl)c(F)cc2F)c1C. The van der Waals surface area contributed by atoms with Crippen LogP contribution < -0.4 is 5.73 Å². The van der Waals surface area contributed by atoms with Crippen molar-refractivity contribution in [1.82, 2.24) is 4.98 Å². The van der Waals surface area contributed by atoms with Crippen LogP contribution in [0.2, 0.25) is 5.02 Å². The van der Waals surface area contributed by atoms with E-state index in [1.807, 2.05) is 37.3 Å². The second kappa shape index (κ2) is 9.02. The molecule has 0 aliphatic rings. The van der Waals surface area contributed by atoms with Crippen molar-refractivity contribution in [2.24, 2.45) is 5.73 Å². The Labute approximate surface area is 175 Å². The molecule has 0 saturated heterocycles. The fourth-order valence-electron chi connectivity index (χ4n) is 3.64. The molecule has 152 valence electrons. The summed E-state index contributed by atoms with van der Waals surface area (Å²) in [4.78, 5) is 4.80. The summed E-state index contributed by atoms with van der Waals surface area (Å²) >= 11 is 5.95. The molecular weight excluding hydrogens is 390 g/mol. The predicted molar refractivity (Wildman–Crippen MR) is 115 cm³/mol. The molecule has 2 N–H and O–H groups in total. The van der Waals surface area contributed by atoms with Gasteiger partial charge in [0.2, 0.25) is 0 Å². The van der Waals surface area contributed by atoms with Gasteiger partial charge in [0, 0.05) is 24.1 Å². The minimum atomic E-state index is -0.784. The minimum absolute atomic E-state index is 0.127. The normalized spacial score (nSPS) is 13.3. The smallest absolute Gasteiger partial charge is 0.144 e. The molecule has 0 amide bonds. The quantitative estimate of drug-likeness (QED) is 0.462. The number of aromatic nitrogens is 1. The summed E-state index contributed by atoms with van der Waals surface area (Å²) in [5.74, 6) is -1.34. The average molecular weight is 415 g/mol. The molecule has 1 heterocycles. The molecular formula is C24H25ClF2N2. The van der Waals surface area contributed by atoms with Gasteiger partial charge in [-0.15, -0.1) is 0 Å². The molecule has 0 bridgehead atoms. The van der Waals surface area contributed by atoms with Crippen molar-refractivity contribution in [2.75, 3.05) is 6.54 Å². The van der Waals surface area contributed by atoms with Crippen molar-refractivity contribution >= 4 is 11.6 Å². The highest BCUT2D eigenvalue weighted by atomic mass is 35.5. The molecule has 2 nitrogen and oxygen atoms in total. The number of hydrogen-bond acceptors (Lipinski definition) is 2. The fraction of sp³-hybridized carbons (Fsp3) is 0.292. The molecule has 0 saturated carbocycles. The van der Waals surface area contributed by atoms with E-state index in [4.69, 9.17) is 22.3 Å². The summed E-state index contributed by atoms with van der Waals surface area (Å²) in [6.45, 7) is 6.52. The second-order valence-corrected chi connectivity index (χ2v) is 7.77. The first-order valence-electron chi connectivity index (χ1n) is 9.78. The summed E-state index contributed by atoms with van der Waals surface area (Å²) in [6.07, 6.45) is 0.926. The van der Waals surface area contributed by atoms with E-state index in [1.165, 1.54) is 6.07 Å². The molecule has 2 atom stereocenters. The zero-order valence-electron chi connectivity index (χ0n) is 16.8. The Morgan fingerprint density at radius 3 is 2.38 bits per heavy atom. The molecule has 0 fully saturated rings. The number of pyridine rings is 1. The van der Waals surface area contributed by atoms with E-state index >= 15 is 0 Å². The number of rotatable bonds is 6. The lowest BCUT2D eigenvalue weighted by molar-refractivity contribution is 0.585. The maximum Gasteiger partial charge on any atom is 0.144 e. The van der Waals surface area contributed by atoms with Crippen molar-refractivity contribution in [3.05, 3.63) is 87.6 Å². The van der Waals surface area contributed by atoms with Crippen LogP contribution in [0.15, 0.2) is 48.5 Å². The largest absolute Gasteiger partial charge is 0.329 e. The Morgan fingerprint density at radius 1 is 1.07 bits per heavy atom. The second-order valence-electron chi connectivity index (χ2n) is 7.36. The molecule has 3 aromatic rings. The van der Waals surface area contributed by atoms with Crippen molar-refractivity contribution in [1.29, 1.82) is 0 Å². The number of benzene rings is 2. The fourth-order valence-corrected chi connectivity index (χ4v) is 3.80. The highest BCUT2D eigenvalue weighted by molar-refractivity contribution is 6.31. The molecule has 5 heteroatoms. The van der Waals surface area contributed by atoms with E-state index in [0.717, 1.165) is 34.9 Å². The van der Waals surface area contributed by atoms with Gasteiger partial charge in [-0.1, -0.05) is 55.8 Å². The van der Waals surface area contributed by atoms with Crippen LogP contribution in [0.1, 0.15) is 54.5 Å². The molecule has 2 aromatic carbocycles. The van der Waals surface area contributed by atoms with Gasteiger partial charge in [0.1, 0.15) is 11.6 Å². The zero-order valence-corrected chi connectivity index (χ0v) is 17.6. The van der Waals surface area contributed by atoms with Crippen LogP contribution in [0.25, 0.3) is 11.3 Å². The van der Waals surface area contributed by atoms with Gasteiger partial charge < -0.3 is 5.73 Å². The Morgan fingerprint density at radius 2 is 1.76 bits per heavy atom. The van der Waals surface area contributed by atoms with Gasteiger partial charge in [0.25, 0.3) is 0 Å². The molecule has 2 unspecified atom stereocenters. The molecule has 0 aliphatic carbocycles. The topological polar surface area (TPSA) is 38.9 Å². The third-order valence-electron chi connectivity index (χ3n) is 5.54. The minimum Gasteiger partial charge on any atom is -0.329 e.